The maximum absolute atomic E-state index is 10.6. The number of hydrogen-bond donors (Lipinski definition) is 5. The fourth-order valence-electron chi connectivity index (χ4n) is 2.62. The van der Waals surface area contributed by atoms with Crippen molar-refractivity contribution in [3.63, 3.8) is 0 Å². The summed E-state index contributed by atoms with van der Waals surface area (Å²) in [5, 5.41) is 23.1. The molecule has 136 valence electrons. The van der Waals surface area contributed by atoms with Gasteiger partial charge in [0.15, 0.2) is 0 Å². The molecule has 2 rings (SSSR count). The highest BCUT2D eigenvalue weighted by Gasteiger charge is 2.18. The molecule has 0 aliphatic heterocycles. The van der Waals surface area contributed by atoms with E-state index >= 15 is 0 Å². The number of nitrogens with one attached hydrogen (secondary N) is 3. The number of nitrogens with zero attached hydrogens (tertiary/aromatic N) is 1. The van der Waals surface area contributed by atoms with E-state index in [4.69, 9.17) is 10.2 Å². The van der Waals surface area contributed by atoms with Crippen molar-refractivity contribution < 1.29 is 19.8 Å². The Morgan fingerprint density at radius 1 is 1.29 bits per heavy atom. The molecule has 1 aliphatic rings. The molecular formula is C16H28N4O4. The van der Waals surface area contributed by atoms with Gasteiger partial charge in [-0.2, -0.15) is 0 Å². The van der Waals surface area contributed by atoms with Gasteiger partial charge in [0, 0.05) is 24.4 Å². The van der Waals surface area contributed by atoms with Gasteiger partial charge < -0.3 is 25.8 Å². The highest BCUT2D eigenvalue weighted by Crippen LogP contribution is 2.17. The van der Waals surface area contributed by atoms with Crippen molar-refractivity contribution in [2.75, 3.05) is 7.05 Å². The number of carbonyl (C=O) groups is 2. The summed E-state index contributed by atoms with van der Waals surface area (Å²) in [7, 11) is 1.62. The van der Waals surface area contributed by atoms with E-state index in [1.165, 1.54) is 25.6 Å². The molecule has 8 nitrogen and oxygen atoms in total. The first kappa shape index (κ1) is 20.1. The molecule has 1 aliphatic carbocycles. The van der Waals surface area contributed by atoms with Gasteiger partial charge in [0.25, 0.3) is 0 Å². The monoisotopic (exact) mass is 340 g/mol. The van der Waals surface area contributed by atoms with Gasteiger partial charge in [-0.05, 0) is 26.8 Å². The number of rotatable bonds is 7. The second-order valence-corrected chi connectivity index (χ2v) is 6.02. The second-order valence-electron chi connectivity index (χ2n) is 6.02. The van der Waals surface area contributed by atoms with Crippen LogP contribution in [0.1, 0.15) is 44.7 Å². The van der Waals surface area contributed by atoms with Crippen molar-refractivity contribution in [3.8, 4) is 0 Å². The molecule has 24 heavy (non-hydrogen) atoms. The summed E-state index contributed by atoms with van der Waals surface area (Å²) >= 11 is 0. The average molecular weight is 340 g/mol. The summed E-state index contributed by atoms with van der Waals surface area (Å²) in [6.45, 7) is 1.71. The minimum atomic E-state index is -0.855. The topological polar surface area (TPSA) is 127 Å². The number of carboxylic acid groups (broad SMARTS) is 2. The van der Waals surface area contributed by atoms with Crippen LogP contribution in [0.4, 0.5) is 0 Å². The number of carboxylic acids is 2. The van der Waals surface area contributed by atoms with Crippen LogP contribution in [0.3, 0.4) is 0 Å². The van der Waals surface area contributed by atoms with E-state index in [1.54, 1.807) is 20.2 Å². The van der Waals surface area contributed by atoms with Crippen molar-refractivity contribution in [1.29, 1.82) is 0 Å². The van der Waals surface area contributed by atoms with Crippen LogP contribution < -0.4 is 10.6 Å². The fourth-order valence-corrected chi connectivity index (χ4v) is 2.62. The number of aromatic amines is 1. The smallest absolute Gasteiger partial charge is 0.321 e. The molecule has 0 bridgehead atoms. The minimum Gasteiger partial charge on any atom is -0.480 e. The summed E-state index contributed by atoms with van der Waals surface area (Å²) in [4.78, 5) is 27.7. The Hall–Kier alpha value is -1.93. The van der Waals surface area contributed by atoms with Crippen molar-refractivity contribution >= 4 is 11.9 Å². The zero-order valence-electron chi connectivity index (χ0n) is 14.3. The number of aliphatic carboxylic acids is 2. The van der Waals surface area contributed by atoms with Crippen LogP contribution in [0.5, 0.6) is 0 Å². The quantitative estimate of drug-likeness (QED) is 0.501. The van der Waals surface area contributed by atoms with Gasteiger partial charge in [-0.1, -0.05) is 19.3 Å². The summed E-state index contributed by atoms with van der Waals surface area (Å²) in [6, 6.07) is -0.511. The molecule has 0 saturated heterocycles. The van der Waals surface area contributed by atoms with E-state index in [9.17, 15) is 9.59 Å². The third-order valence-electron chi connectivity index (χ3n) is 4.09. The molecule has 0 spiro atoms. The highest BCUT2D eigenvalue weighted by molar-refractivity contribution is 5.73. The molecule has 1 aromatic heterocycles. The lowest BCUT2D eigenvalue weighted by Gasteiger charge is -2.24. The first-order chi connectivity index (χ1) is 11.4. The predicted octanol–water partition coefficient (Wildman–Crippen LogP) is 1.01. The molecule has 2 atom stereocenters. The van der Waals surface area contributed by atoms with E-state index in [0.717, 1.165) is 18.5 Å². The minimum absolute atomic E-state index is 0.395. The van der Waals surface area contributed by atoms with E-state index in [2.05, 4.69) is 20.6 Å². The summed E-state index contributed by atoms with van der Waals surface area (Å²) < 4.78 is 0. The van der Waals surface area contributed by atoms with Crippen LogP contribution in [0.15, 0.2) is 12.5 Å². The first-order valence-corrected chi connectivity index (χ1v) is 8.30. The van der Waals surface area contributed by atoms with Crippen molar-refractivity contribution in [3.05, 3.63) is 18.2 Å². The Kier molecular flexibility index (Phi) is 9.03. The number of aromatic nitrogens is 2. The normalized spacial score (nSPS) is 17.4. The molecule has 1 heterocycles. The Morgan fingerprint density at radius 3 is 2.42 bits per heavy atom. The van der Waals surface area contributed by atoms with Gasteiger partial charge in [-0.3, -0.25) is 9.59 Å². The zero-order chi connectivity index (χ0) is 17.9. The number of likely N-dealkylation sites (N-methyl/N-ethyl adjacent to an activating group) is 1. The Balaban J connectivity index is 0.000000240. The highest BCUT2D eigenvalue weighted by atomic mass is 16.4. The zero-order valence-corrected chi connectivity index (χ0v) is 14.3. The van der Waals surface area contributed by atoms with Crippen LogP contribution in [0, 0.1) is 0 Å². The maximum Gasteiger partial charge on any atom is 0.321 e. The van der Waals surface area contributed by atoms with E-state index < -0.39 is 24.0 Å². The molecule has 1 aromatic rings. The van der Waals surface area contributed by atoms with Crippen LogP contribution in [0.25, 0.3) is 0 Å². The molecule has 5 N–H and O–H groups in total. The molecule has 0 radical (unpaired) electrons. The van der Waals surface area contributed by atoms with Gasteiger partial charge >= 0.3 is 11.9 Å². The molecule has 8 heteroatoms. The first-order valence-electron chi connectivity index (χ1n) is 8.30. The van der Waals surface area contributed by atoms with E-state index in [-0.39, 0.29) is 0 Å². The molecular weight excluding hydrogens is 312 g/mol. The summed E-state index contributed by atoms with van der Waals surface area (Å²) in [5.74, 6) is -1.60. The van der Waals surface area contributed by atoms with Crippen LogP contribution in [-0.2, 0) is 16.0 Å². The van der Waals surface area contributed by atoms with Crippen molar-refractivity contribution in [2.24, 2.45) is 0 Å². The van der Waals surface area contributed by atoms with Crippen LogP contribution in [-0.4, -0.2) is 57.3 Å². The maximum atomic E-state index is 10.6. The largest absolute Gasteiger partial charge is 0.480 e. The molecule has 1 fully saturated rings. The van der Waals surface area contributed by atoms with Crippen LogP contribution in [0.2, 0.25) is 0 Å². The lowest BCUT2D eigenvalue weighted by atomic mass is 9.95. The number of hydrogen-bond acceptors (Lipinski definition) is 5. The Bertz CT molecular complexity index is 486. The van der Waals surface area contributed by atoms with Gasteiger partial charge in [-0.25, -0.2) is 4.98 Å². The second kappa shape index (κ2) is 10.8. The average Bonchev–Trinajstić information content (AvgIpc) is 3.07. The SMILES string of the molecule is CN[C@@H](Cc1cnc[nH]1)C(=O)O.C[C@H](NC1CCCCC1)C(=O)O. The molecule has 0 unspecified atom stereocenters. The third-order valence-corrected chi connectivity index (χ3v) is 4.09. The fraction of sp³-hybridized carbons (Fsp3) is 0.688. The third kappa shape index (κ3) is 7.56. The molecule has 0 aromatic carbocycles. The lowest BCUT2D eigenvalue weighted by molar-refractivity contribution is -0.140. The predicted molar refractivity (Wildman–Crippen MR) is 89.9 cm³/mol. The molecule has 0 amide bonds. The Labute approximate surface area is 142 Å². The summed E-state index contributed by atoms with van der Waals surface area (Å²) in [6.07, 6.45) is 9.63. The van der Waals surface area contributed by atoms with Gasteiger partial charge in [0.05, 0.1) is 6.33 Å². The van der Waals surface area contributed by atoms with Crippen molar-refractivity contribution in [2.45, 2.75) is 63.6 Å². The van der Waals surface area contributed by atoms with Crippen LogP contribution >= 0.6 is 0 Å². The lowest BCUT2D eigenvalue weighted by Crippen LogP contribution is -2.42. The van der Waals surface area contributed by atoms with E-state index in [0.29, 0.717) is 12.5 Å². The van der Waals surface area contributed by atoms with Gasteiger partial charge in [0.1, 0.15) is 12.1 Å². The van der Waals surface area contributed by atoms with Gasteiger partial charge in [0.2, 0.25) is 0 Å². The van der Waals surface area contributed by atoms with E-state index in [1.807, 2.05) is 0 Å². The molecule has 1 saturated carbocycles. The van der Waals surface area contributed by atoms with Crippen molar-refractivity contribution in [1.82, 2.24) is 20.6 Å². The Morgan fingerprint density at radius 2 is 1.96 bits per heavy atom. The summed E-state index contributed by atoms with van der Waals surface area (Å²) in [5.41, 5.74) is 0.816. The number of imidazole rings is 1. The standard InChI is InChI=1S/C9H17NO2.C7H11N3O2/c1-7(9(11)12)10-8-5-3-2-4-6-8;1-8-6(7(11)12)2-5-3-9-4-10-5/h7-8,10H,2-6H2,1H3,(H,11,12);3-4,6,8H,2H2,1H3,(H,9,10)(H,11,12)/t7-;6-/m00/s1. The number of H-pyrrole nitrogens is 1. The van der Waals surface area contributed by atoms with Gasteiger partial charge in [-0.15, -0.1) is 0 Å².